The van der Waals surface area contributed by atoms with Gasteiger partial charge in [-0.1, -0.05) is 6.07 Å². The zero-order valence-corrected chi connectivity index (χ0v) is 14.6. The molecular weight excluding hydrogens is 321 g/mol. The number of nitrogens with zero attached hydrogens (tertiary/aromatic N) is 3. The number of rotatable bonds is 5. The van der Waals surface area contributed by atoms with E-state index < -0.39 is 5.54 Å². The second-order valence-electron chi connectivity index (χ2n) is 6.59. The molecule has 1 amide bonds. The van der Waals surface area contributed by atoms with Crippen molar-refractivity contribution >= 4 is 11.6 Å². The second-order valence-corrected chi connectivity index (χ2v) is 6.59. The molecule has 0 radical (unpaired) electrons. The van der Waals surface area contributed by atoms with Crippen LogP contribution in [-0.2, 0) is 18.4 Å². The fraction of sp³-hybridized carbons (Fsp3) is 0.444. The number of carbonyl (C=O) groups excluding carboxylic acids is 1. The van der Waals surface area contributed by atoms with Crippen molar-refractivity contribution in [3.05, 3.63) is 48.0 Å². The lowest BCUT2D eigenvalue weighted by atomic mass is 9.86. The number of aromatic nitrogens is 2. The highest BCUT2D eigenvalue weighted by Crippen LogP contribution is 2.28. The van der Waals surface area contributed by atoms with Gasteiger partial charge in [-0.25, -0.2) is 4.39 Å². The van der Waals surface area contributed by atoms with E-state index >= 15 is 0 Å². The van der Waals surface area contributed by atoms with E-state index in [9.17, 15) is 9.18 Å². The number of likely N-dealkylation sites (tertiary alicyclic amines) is 1. The summed E-state index contributed by atoms with van der Waals surface area (Å²) in [6, 6.07) is 6.25. The molecule has 1 aliphatic heterocycles. The molecule has 2 heterocycles. The third-order valence-corrected chi connectivity index (χ3v) is 4.74. The lowest BCUT2D eigenvalue weighted by Crippen LogP contribution is -2.57. The highest BCUT2D eigenvalue weighted by atomic mass is 19.1. The maximum absolute atomic E-state index is 13.5. The van der Waals surface area contributed by atoms with Gasteiger partial charge in [0.2, 0.25) is 5.91 Å². The van der Waals surface area contributed by atoms with Crippen molar-refractivity contribution in [2.24, 2.45) is 7.05 Å². The summed E-state index contributed by atoms with van der Waals surface area (Å²) in [6.07, 6.45) is 5.18. The van der Waals surface area contributed by atoms with Gasteiger partial charge in [-0.2, -0.15) is 5.10 Å². The second kappa shape index (κ2) is 7.23. The predicted molar refractivity (Wildman–Crippen MR) is 94.5 cm³/mol. The van der Waals surface area contributed by atoms with E-state index in [-0.39, 0.29) is 11.7 Å². The van der Waals surface area contributed by atoms with Crippen molar-refractivity contribution in [2.75, 3.05) is 25.5 Å². The molecule has 0 atom stereocenters. The summed E-state index contributed by atoms with van der Waals surface area (Å²) >= 11 is 0. The van der Waals surface area contributed by atoms with Gasteiger partial charge in [0.1, 0.15) is 11.4 Å². The molecule has 134 valence electrons. The maximum Gasteiger partial charge on any atom is 0.245 e. The van der Waals surface area contributed by atoms with Crippen LogP contribution in [0.3, 0.4) is 0 Å². The average molecular weight is 345 g/mol. The first-order valence-corrected chi connectivity index (χ1v) is 8.46. The SMILES string of the molecule is CNC(=O)C1(Nc2cccc(F)c2)CCN(Cc2cnn(C)c2)CC1. The Kier molecular flexibility index (Phi) is 5.03. The molecule has 1 saturated heterocycles. The van der Waals surface area contributed by atoms with Crippen LogP contribution in [0.2, 0.25) is 0 Å². The highest BCUT2D eigenvalue weighted by Gasteiger charge is 2.40. The van der Waals surface area contributed by atoms with Gasteiger partial charge >= 0.3 is 0 Å². The number of nitrogens with one attached hydrogen (secondary N) is 2. The topological polar surface area (TPSA) is 62.2 Å². The fourth-order valence-corrected chi connectivity index (χ4v) is 3.40. The molecule has 0 saturated carbocycles. The number of hydrogen-bond donors (Lipinski definition) is 2. The lowest BCUT2D eigenvalue weighted by molar-refractivity contribution is -0.126. The number of carbonyl (C=O) groups is 1. The Morgan fingerprint density at radius 2 is 2.12 bits per heavy atom. The molecule has 0 spiro atoms. The van der Waals surface area contributed by atoms with E-state index in [1.165, 1.54) is 12.1 Å². The van der Waals surface area contributed by atoms with Crippen molar-refractivity contribution in [3.63, 3.8) is 0 Å². The summed E-state index contributed by atoms with van der Waals surface area (Å²) in [5.74, 6) is -0.371. The van der Waals surface area contributed by atoms with Crippen molar-refractivity contribution in [1.29, 1.82) is 0 Å². The standard InChI is InChI=1S/C18H24FN5O/c1-20-17(25)18(22-16-5-3-4-15(19)10-16)6-8-24(9-7-18)13-14-11-21-23(2)12-14/h3-5,10-12,22H,6-9,13H2,1-2H3,(H,20,25). The van der Waals surface area contributed by atoms with Crippen molar-refractivity contribution in [1.82, 2.24) is 20.0 Å². The number of anilines is 1. The molecule has 25 heavy (non-hydrogen) atoms. The highest BCUT2D eigenvalue weighted by molar-refractivity contribution is 5.89. The zero-order chi connectivity index (χ0) is 17.9. The molecule has 0 unspecified atom stereocenters. The first kappa shape index (κ1) is 17.4. The monoisotopic (exact) mass is 345 g/mol. The Bertz CT molecular complexity index is 737. The molecular formula is C18H24FN5O. The Balaban J connectivity index is 1.69. The van der Waals surface area contributed by atoms with Crippen LogP contribution >= 0.6 is 0 Å². The molecule has 0 aliphatic carbocycles. The molecule has 1 aromatic carbocycles. The van der Waals surface area contributed by atoms with E-state index in [4.69, 9.17) is 0 Å². The van der Waals surface area contributed by atoms with Crippen molar-refractivity contribution < 1.29 is 9.18 Å². The Morgan fingerprint density at radius 3 is 2.72 bits per heavy atom. The van der Waals surface area contributed by atoms with E-state index in [1.807, 2.05) is 19.4 Å². The molecule has 0 bridgehead atoms. The van der Waals surface area contributed by atoms with Gasteiger partial charge in [0, 0.05) is 51.2 Å². The van der Waals surface area contributed by atoms with E-state index in [0.29, 0.717) is 18.5 Å². The largest absolute Gasteiger partial charge is 0.371 e. The predicted octanol–water partition coefficient (Wildman–Crippen LogP) is 1.75. The average Bonchev–Trinajstić information content (AvgIpc) is 3.01. The molecule has 1 aromatic heterocycles. The first-order valence-electron chi connectivity index (χ1n) is 8.46. The van der Waals surface area contributed by atoms with Gasteiger partial charge in [0.15, 0.2) is 0 Å². The molecule has 1 fully saturated rings. The van der Waals surface area contributed by atoms with E-state index in [2.05, 4.69) is 20.6 Å². The van der Waals surface area contributed by atoms with Gasteiger partial charge in [-0.15, -0.1) is 0 Å². The number of piperidine rings is 1. The number of halogens is 1. The van der Waals surface area contributed by atoms with Crippen LogP contribution in [-0.4, -0.2) is 46.3 Å². The Morgan fingerprint density at radius 1 is 1.36 bits per heavy atom. The molecule has 3 rings (SSSR count). The van der Waals surface area contributed by atoms with Crippen LogP contribution in [0.15, 0.2) is 36.7 Å². The molecule has 6 nitrogen and oxygen atoms in total. The molecule has 7 heteroatoms. The van der Waals surface area contributed by atoms with Gasteiger partial charge < -0.3 is 10.6 Å². The van der Waals surface area contributed by atoms with Gasteiger partial charge in [0.25, 0.3) is 0 Å². The number of amides is 1. The summed E-state index contributed by atoms with van der Waals surface area (Å²) < 4.78 is 15.3. The minimum Gasteiger partial charge on any atom is -0.371 e. The van der Waals surface area contributed by atoms with Gasteiger partial charge in [-0.3, -0.25) is 14.4 Å². The van der Waals surface area contributed by atoms with Gasteiger partial charge in [0.05, 0.1) is 6.20 Å². The number of aryl methyl sites for hydroxylation is 1. The lowest BCUT2D eigenvalue weighted by Gasteiger charge is -2.41. The molecule has 2 N–H and O–H groups in total. The van der Waals surface area contributed by atoms with Crippen LogP contribution < -0.4 is 10.6 Å². The summed E-state index contributed by atoms with van der Waals surface area (Å²) in [5.41, 5.74) is 1.07. The van der Waals surface area contributed by atoms with Crippen LogP contribution in [0.25, 0.3) is 0 Å². The summed E-state index contributed by atoms with van der Waals surface area (Å²) in [7, 11) is 3.54. The maximum atomic E-state index is 13.5. The van der Waals surface area contributed by atoms with E-state index in [0.717, 1.165) is 25.2 Å². The summed E-state index contributed by atoms with van der Waals surface area (Å²) in [5, 5.41) is 10.2. The van der Waals surface area contributed by atoms with Crippen molar-refractivity contribution in [3.8, 4) is 0 Å². The van der Waals surface area contributed by atoms with Crippen molar-refractivity contribution in [2.45, 2.75) is 24.9 Å². The quantitative estimate of drug-likeness (QED) is 0.867. The van der Waals surface area contributed by atoms with Crippen LogP contribution in [0, 0.1) is 5.82 Å². The smallest absolute Gasteiger partial charge is 0.245 e. The third kappa shape index (κ3) is 3.99. The van der Waals surface area contributed by atoms with Crippen LogP contribution in [0.1, 0.15) is 18.4 Å². The number of hydrogen-bond acceptors (Lipinski definition) is 4. The summed E-state index contributed by atoms with van der Waals surface area (Å²) in [4.78, 5) is 14.9. The molecule has 1 aliphatic rings. The van der Waals surface area contributed by atoms with Gasteiger partial charge in [-0.05, 0) is 31.0 Å². The fourth-order valence-electron chi connectivity index (χ4n) is 3.40. The van der Waals surface area contributed by atoms with Crippen LogP contribution in [0.4, 0.5) is 10.1 Å². The number of benzene rings is 1. The molecule has 2 aromatic rings. The minimum absolute atomic E-state index is 0.0576. The number of likely N-dealkylation sites (N-methyl/N-ethyl adjacent to an activating group) is 1. The zero-order valence-electron chi connectivity index (χ0n) is 14.6. The Hall–Kier alpha value is -2.41. The first-order chi connectivity index (χ1) is 12.0. The van der Waals surface area contributed by atoms with Crippen LogP contribution in [0.5, 0.6) is 0 Å². The third-order valence-electron chi connectivity index (χ3n) is 4.74. The summed E-state index contributed by atoms with van der Waals surface area (Å²) in [6.45, 7) is 2.38. The van der Waals surface area contributed by atoms with E-state index in [1.54, 1.807) is 23.9 Å². The Labute approximate surface area is 147 Å². The normalized spacial score (nSPS) is 17.2. The minimum atomic E-state index is -0.714.